The molecule has 0 unspecified atom stereocenters. The number of nitrogens with two attached hydrogens (primary N) is 1. The Morgan fingerprint density at radius 2 is 2.00 bits per heavy atom. The first-order valence-corrected chi connectivity index (χ1v) is 6.92. The molecule has 0 saturated carbocycles. The number of unbranched alkanes of at least 4 members (excludes halogenated alkanes) is 1. The fraction of sp³-hybridized carbons (Fsp3) is 0.615. The molecular weight excluding hydrogens is 276 g/mol. The van der Waals surface area contributed by atoms with Gasteiger partial charge in [0.1, 0.15) is 18.1 Å². The molecule has 0 aliphatic carbocycles. The fourth-order valence-electron chi connectivity index (χ4n) is 1.85. The van der Waals surface area contributed by atoms with Crippen LogP contribution >= 0.6 is 0 Å². The van der Waals surface area contributed by atoms with E-state index in [2.05, 4.69) is 5.32 Å². The van der Waals surface area contributed by atoms with Gasteiger partial charge < -0.3 is 15.8 Å². The first-order valence-electron chi connectivity index (χ1n) is 6.92. The standard InChI is InChI=1S/C13H22N4O4/c1-4-6-7-17-11(14)10(12(19)16(3)13(17)20)15-8-9(18)21-5-2/h15H,4-8,14H2,1-3H3. The number of carbonyl (C=O) groups is 1. The molecule has 1 rings (SSSR count). The van der Waals surface area contributed by atoms with Crippen LogP contribution in [0.15, 0.2) is 9.59 Å². The lowest BCUT2D eigenvalue weighted by molar-refractivity contribution is -0.140. The van der Waals surface area contributed by atoms with Crippen molar-refractivity contribution in [3.05, 3.63) is 20.8 Å². The largest absolute Gasteiger partial charge is 0.465 e. The lowest BCUT2D eigenvalue weighted by atomic mass is 10.3. The monoisotopic (exact) mass is 298 g/mol. The van der Waals surface area contributed by atoms with Crippen LogP contribution in [-0.2, 0) is 23.1 Å². The first kappa shape index (κ1) is 16.8. The van der Waals surface area contributed by atoms with E-state index in [0.717, 1.165) is 17.4 Å². The summed E-state index contributed by atoms with van der Waals surface area (Å²) in [5.41, 5.74) is 4.91. The smallest absolute Gasteiger partial charge is 0.332 e. The summed E-state index contributed by atoms with van der Waals surface area (Å²) in [4.78, 5) is 35.4. The van der Waals surface area contributed by atoms with Crippen molar-refractivity contribution in [1.29, 1.82) is 0 Å². The second-order valence-electron chi connectivity index (χ2n) is 4.57. The van der Waals surface area contributed by atoms with E-state index in [4.69, 9.17) is 10.5 Å². The Morgan fingerprint density at radius 3 is 2.57 bits per heavy atom. The Bertz CT molecular complexity index is 618. The summed E-state index contributed by atoms with van der Waals surface area (Å²) >= 11 is 0. The summed E-state index contributed by atoms with van der Waals surface area (Å²) in [7, 11) is 1.38. The normalized spacial score (nSPS) is 10.4. The lowest BCUT2D eigenvalue weighted by Gasteiger charge is -2.15. The number of hydrogen-bond acceptors (Lipinski definition) is 6. The van der Waals surface area contributed by atoms with Crippen LogP contribution in [0.2, 0.25) is 0 Å². The van der Waals surface area contributed by atoms with E-state index < -0.39 is 17.2 Å². The average Bonchev–Trinajstić information content (AvgIpc) is 2.45. The van der Waals surface area contributed by atoms with Crippen LogP contribution in [-0.4, -0.2) is 28.3 Å². The number of anilines is 2. The number of esters is 1. The Labute approximate surface area is 122 Å². The predicted molar refractivity (Wildman–Crippen MR) is 80.4 cm³/mol. The highest BCUT2D eigenvalue weighted by Gasteiger charge is 2.15. The van der Waals surface area contributed by atoms with Gasteiger partial charge >= 0.3 is 11.7 Å². The van der Waals surface area contributed by atoms with E-state index in [9.17, 15) is 14.4 Å². The quantitative estimate of drug-likeness (QED) is 0.681. The molecule has 21 heavy (non-hydrogen) atoms. The zero-order chi connectivity index (χ0) is 16.0. The molecule has 0 saturated heterocycles. The van der Waals surface area contributed by atoms with Crippen LogP contribution in [0.25, 0.3) is 0 Å². The topological polar surface area (TPSA) is 108 Å². The highest BCUT2D eigenvalue weighted by Crippen LogP contribution is 2.11. The molecule has 0 radical (unpaired) electrons. The molecule has 0 aromatic carbocycles. The van der Waals surface area contributed by atoms with Gasteiger partial charge in [-0.25, -0.2) is 4.79 Å². The van der Waals surface area contributed by atoms with Gasteiger partial charge in [0.25, 0.3) is 5.56 Å². The molecule has 0 spiro atoms. The molecule has 8 heteroatoms. The van der Waals surface area contributed by atoms with E-state index in [1.54, 1.807) is 6.92 Å². The number of nitrogen functional groups attached to an aromatic ring is 1. The van der Waals surface area contributed by atoms with Gasteiger partial charge in [0.2, 0.25) is 0 Å². The molecule has 0 aliphatic heterocycles. The maximum absolute atomic E-state index is 12.1. The van der Waals surface area contributed by atoms with Crippen LogP contribution in [0.5, 0.6) is 0 Å². The van der Waals surface area contributed by atoms with Crippen molar-refractivity contribution < 1.29 is 9.53 Å². The van der Waals surface area contributed by atoms with Gasteiger partial charge in [0.15, 0.2) is 0 Å². The molecule has 3 N–H and O–H groups in total. The van der Waals surface area contributed by atoms with Crippen LogP contribution in [0.4, 0.5) is 11.5 Å². The lowest BCUT2D eigenvalue weighted by Crippen LogP contribution is -2.41. The number of nitrogens with one attached hydrogen (secondary N) is 1. The number of carbonyl (C=O) groups excluding carboxylic acids is 1. The molecule has 118 valence electrons. The second-order valence-corrected chi connectivity index (χ2v) is 4.57. The number of nitrogens with zero attached hydrogens (tertiary/aromatic N) is 2. The Kier molecular flexibility index (Phi) is 6.01. The Balaban J connectivity index is 3.13. The third-order valence-corrected chi connectivity index (χ3v) is 3.03. The second kappa shape index (κ2) is 7.51. The number of rotatable bonds is 7. The van der Waals surface area contributed by atoms with Crippen LogP contribution in [0.3, 0.4) is 0 Å². The summed E-state index contributed by atoms with van der Waals surface area (Å²) in [5, 5.41) is 2.66. The van der Waals surface area contributed by atoms with Crippen molar-refractivity contribution >= 4 is 17.5 Å². The molecule has 0 aliphatic rings. The van der Waals surface area contributed by atoms with E-state index in [0.29, 0.717) is 6.54 Å². The van der Waals surface area contributed by atoms with E-state index in [-0.39, 0.29) is 24.7 Å². The number of hydrogen-bond donors (Lipinski definition) is 2. The van der Waals surface area contributed by atoms with Crippen molar-refractivity contribution in [3.63, 3.8) is 0 Å². The average molecular weight is 298 g/mol. The number of ether oxygens (including phenoxy) is 1. The minimum Gasteiger partial charge on any atom is -0.465 e. The van der Waals surface area contributed by atoms with Crippen molar-refractivity contribution in [2.24, 2.45) is 7.05 Å². The molecule has 0 bridgehead atoms. The minimum absolute atomic E-state index is 0.0425. The van der Waals surface area contributed by atoms with E-state index in [1.807, 2.05) is 6.92 Å². The summed E-state index contributed by atoms with van der Waals surface area (Å²) in [6, 6.07) is 0. The highest BCUT2D eigenvalue weighted by molar-refractivity contribution is 5.76. The maximum Gasteiger partial charge on any atom is 0.332 e. The van der Waals surface area contributed by atoms with Crippen molar-refractivity contribution in [2.45, 2.75) is 33.2 Å². The van der Waals surface area contributed by atoms with Gasteiger partial charge in [-0.05, 0) is 13.3 Å². The molecule has 0 amide bonds. The van der Waals surface area contributed by atoms with Crippen molar-refractivity contribution in [3.8, 4) is 0 Å². The van der Waals surface area contributed by atoms with Gasteiger partial charge in [-0.3, -0.25) is 18.7 Å². The molecule has 1 heterocycles. The van der Waals surface area contributed by atoms with Gasteiger partial charge in [-0.2, -0.15) is 0 Å². The molecule has 0 fully saturated rings. The van der Waals surface area contributed by atoms with Gasteiger partial charge in [0, 0.05) is 13.6 Å². The first-order chi connectivity index (χ1) is 9.93. The summed E-state index contributed by atoms with van der Waals surface area (Å²) in [6.45, 7) is 4.17. The van der Waals surface area contributed by atoms with Crippen molar-refractivity contribution in [2.75, 3.05) is 24.2 Å². The Morgan fingerprint density at radius 1 is 1.33 bits per heavy atom. The molecule has 1 aromatic rings. The molecule has 1 aromatic heterocycles. The van der Waals surface area contributed by atoms with Gasteiger partial charge in [-0.1, -0.05) is 13.3 Å². The number of aromatic nitrogens is 2. The third-order valence-electron chi connectivity index (χ3n) is 3.03. The molecule has 0 atom stereocenters. The van der Waals surface area contributed by atoms with Gasteiger partial charge in [0.05, 0.1) is 6.61 Å². The fourth-order valence-corrected chi connectivity index (χ4v) is 1.85. The maximum atomic E-state index is 12.1. The predicted octanol–water partition coefficient (Wildman–Crippen LogP) is -0.0957. The van der Waals surface area contributed by atoms with Crippen molar-refractivity contribution in [1.82, 2.24) is 9.13 Å². The minimum atomic E-state index is -0.561. The molecular formula is C13H22N4O4. The van der Waals surface area contributed by atoms with Crippen LogP contribution < -0.4 is 22.3 Å². The SMILES string of the molecule is CCCCn1c(N)c(NCC(=O)OCC)c(=O)n(C)c1=O. The molecule has 8 nitrogen and oxygen atoms in total. The third kappa shape index (κ3) is 3.87. The van der Waals surface area contributed by atoms with Gasteiger partial charge in [-0.15, -0.1) is 0 Å². The Hall–Kier alpha value is -2.25. The highest BCUT2D eigenvalue weighted by atomic mass is 16.5. The van der Waals surface area contributed by atoms with E-state index in [1.165, 1.54) is 11.6 Å². The zero-order valence-electron chi connectivity index (χ0n) is 12.6. The zero-order valence-corrected chi connectivity index (χ0v) is 12.6. The summed E-state index contributed by atoms with van der Waals surface area (Å²) in [5.74, 6) is -0.453. The van der Waals surface area contributed by atoms with E-state index >= 15 is 0 Å². The summed E-state index contributed by atoms with van der Waals surface area (Å²) < 4.78 is 7.08. The summed E-state index contributed by atoms with van der Waals surface area (Å²) in [6.07, 6.45) is 1.65. The van der Waals surface area contributed by atoms with Crippen LogP contribution in [0.1, 0.15) is 26.7 Å². The van der Waals surface area contributed by atoms with Crippen LogP contribution in [0, 0.1) is 0 Å².